The second kappa shape index (κ2) is 6.19. The van der Waals surface area contributed by atoms with Crippen LogP contribution in [0.1, 0.15) is 34.4 Å². The predicted molar refractivity (Wildman–Crippen MR) is 93.8 cm³/mol. The molecular weight excluding hydrogens is 362 g/mol. The molecule has 10 heteroatoms. The Balaban J connectivity index is 1.98. The zero-order chi connectivity index (χ0) is 18.5. The number of carbonyl (C=O) groups is 1. The molecule has 2 aromatic rings. The van der Waals surface area contributed by atoms with E-state index in [-0.39, 0.29) is 22.6 Å². The smallest absolute Gasteiger partial charge is 0.252 e. The van der Waals surface area contributed by atoms with E-state index in [2.05, 4.69) is 14.8 Å². The van der Waals surface area contributed by atoms with Crippen molar-refractivity contribution in [3.63, 3.8) is 0 Å². The molecule has 0 spiro atoms. The van der Waals surface area contributed by atoms with Gasteiger partial charge in [-0.15, -0.1) is 11.3 Å². The summed E-state index contributed by atoms with van der Waals surface area (Å²) in [6, 6.07) is -0.934. The van der Waals surface area contributed by atoms with Gasteiger partial charge >= 0.3 is 0 Å². The van der Waals surface area contributed by atoms with Gasteiger partial charge in [-0.05, 0) is 20.8 Å². The normalized spacial score (nSPS) is 21.3. The SMILES string of the molecule is Cc1ncc(S(=O)(=O)N[C@@H]2CC(=O)N(C)[C@H]2c2c(C)nn(C)c2C)s1. The highest BCUT2D eigenvalue weighted by Gasteiger charge is 2.43. The van der Waals surface area contributed by atoms with Crippen molar-refractivity contribution in [2.75, 3.05) is 7.05 Å². The van der Waals surface area contributed by atoms with Crippen LogP contribution in [-0.2, 0) is 21.9 Å². The van der Waals surface area contributed by atoms with Crippen molar-refractivity contribution in [3.05, 3.63) is 28.2 Å². The lowest BCUT2D eigenvalue weighted by molar-refractivity contribution is -0.127. The van der Waals surface area contributed by atoms with Gasteiger partial charge < -0.3 is 4.90 Å². The molecule has 1 fully saturated rings. The number of likely N-dealkylation sites (N-methyl/N-ethyl adjacent to an activating group) is 1. The van der Waals surface area contributed by atoms with Crippen molar-refractivity contribution >= 4 is 27.3 Å². The van der Waals surface area contributed by atoms with Crippen molar-refractivity contribution in [3.8, 4) is 0 Å². The number of likely N-dealkylation sites (tertiary alicyclic amines) is 1. The van der Waals surface area contributed by atoms with E-state index in [1.165, 1.54) is 6.20 Å². The van der Waals surface area contributed by atoms with Crippen LogP contribution in [0.15, 0.2) is 10.4 Å². The lowest BCUT2D eigenvalue weighted by Gasteiger charge is -2.26. The maximum Gasteiger partial charge on any atom is 0.252 e. The number of sulfonamides is 1. The van der Waals surface area contributed by atoms with Crippen LogP contribution in [0.5, 0.6) is 0 Å². The van der Waals surface area contributed by atoms with Gasteiger partial charge in [-0.25, -0.2) is 18.1 Å². The molecule has 0 aromatic carbocycles. The van der Waals surface area contributed by atoms with E-state index in [1.54, 1.807) is 23.6 Å². The van der Waals surface area contributed by atoms with Crippen LogP contribution in [0.4, 0.5) is 0 Å². The van der Waals surface area contributed by atoms with Crippen LogP contribution in [0.3, 0.4) is 0 Å². The monoisotopic (exact) mass is 383 g/mol. The average molecular weight is 383 g/mol. The molecule has 1 amide bonds. The first kappa shape index (κ1) is 18.0. The van der Waals surface area contributed by atoms with Crippen LogP contribution in [0.25, 0.3) is 0 Å². The van der Waals surface area contributed by atoms with E-state index in [9.17, 15) is 13.2 Å². The molecule has 0 aliphatic carbocycles. The van der Waals surface area contributed by atoms with Gasteiger partial charge in [-0.1, -0.05) is 0 Å². The molecule has 1 aliphatic rings. The van der Waals surface area contributed by atoms with Gasteiger partial charge in [0.05, 0.1) is 29.0 Å². The van der Waals surface area contributed by atoms with Crippen LogP contribution >= 0.6 is 11.3 Å². The second-order valence-electron chi connectivity index (χ2n) is 6.29. The predicted octanol–water partition coefficient (Wildman–Crippen LogP) is 1.05. The van der Waals surface area contributed by atoms with Gasteiger partial charge in [0.2, 0.25) is 5.91 Å². The summed E-state index contributed by atoms with van der Waals surface area (Å²) in [5, 5.41) is 5.08. The van der Waals surface area contributed by atoms with Crippen LogP contribution in [-0.4, -0.2) is 47.1 Å². The van der Waals surface area contributed by atoms with Crippen molar-refractivity contribution in [1.82, 2.24) is 24.4 Å². The third-order valence-electron chi connectivity index (χ3n) is 4.62. The highest BCUT2D eigenvalue weighted by Crippen LogP contribution is 2.36. The van der Waals surface area contributed by atoms with Gasteiger partial charge in [0.1, 0.15) is 0 Å². The van der Waals surface area contributed by atoms with E-state index in [4.69, 9.17) is 0 Å². The summed E-state index contributed by atoms with van der Waals surface area (Å²) in [5.41, 5.74) is 2.61. The Hall–Kier alpha value is -1.78. The van der Waals surface area contributed by atoms with E-state index in [0.717, 1.165) is 28.3 Å². The number of hydrogen-bond donors (Lipinski definition) is 1. The number of carbonyl (C=O) groups excluding carboxylic acids is 1. The highest BCUT2D eigenvalue weighted by molar-refractivity contribution is 7.91. The van der Waals surface area contributed by atoms with Gasteiger partial charge in [-0.2, -0.15) is 5.10 Å². The fraction of sp³-hybridized carbons (Fsp3) is 0.533. The Morgan fingerprint density at radius 3 is 2.48 bits per heavy atom. The van der Waals surface area contributed by atoms with Crippen molar-refractivity contribution in [2.24, 2.45) is 7.05 Å². The Bertz CT molecular complexity index is 931. The number of nitrogens with one attached hydrogen (secondary N) is 1. The largest absolute Gasteiger partial charge is 0.337 e. The van der Waals surface area contributed by atoms with Crippen molar-refractivity contribution in [2.45, 2.75) is 43.5 Å². The lowest BCUT2D eigenvalue weighted by atomic mass is 9.99. The topological polar surface area (TPSA) is 97.2 Å². The molecule has 1 saturated heterocycles. The number of nitrogens with zero attached hydrogens (tertiary/aromatic N) is 4. The fourth-order valence-electron chi connectivity index (χ4n) is 3.31. The van der Waals surface area contributed by atoms with Crippen LogP contribution in [0.2, 0.25) is 0 Å². The number of amides is 1. The fourth-order valence-corrected chi connectivity index (χ4v) is 5.68. The molecule has 2 atom stereocenters. The van der Waals surface area contributed by atoms with Crippen LogP contribution in [0, 0.1) is 20.8 Å². The minimum absolute atomic E-state index is 0.0964. The molecule has 25 heavy (non-hydrogen) atoms. The molecule has 0 radical (unpaired) electrons. The Labute approximate surface area is 150 Å². The zero-order valence-electron chi connectivity index (χ0n) is 14.8. The van der Waals surface area contributed by atoms with Gasteiger partial charge in [0.25, 0.3) is 10.0 Å². The quantitative estimate of drug-likeness (QED) is 0.851. The molecule has 136 valence electrons. The molecule has 2 aromatic heterocycles. The second-order valence-corrected chi connectivity index (χ2v) is 9.46. The maximum atomic E-state index is 12.7. The number of aromatic nitrogens is 3. The molecule has 8 nitrogen and oxygen atoms in total. The third-order valence-corrected chi connectivity index (χ3v) is 7.48. The number of rotatable bonds is 4. The maximum absolute atomic E-state index is 12.7. The van der Waals surface area contributed by atoms with Crippen molar-refractivity contribution < 1.29 is 13.2 Å². The standard InChI is InChI=1S/C15H21N5O3S2/c1-8-14(9(2)20(5)17-8)15-11(6-12(21)19(15)4)18-25(22,23)13-7-16-10(3)24-13/h7,11,15,18H,6H2,1-5H3/t11-,15-/m1/s1. The summed E-state index contributed by atoms with van der Waals surface area (Å²) in [4.78, 5) is 17.9. The molecular formula is C15H21N5O3S2. The zero-order valence-corrected chi connectivity index (χ0v) is 16.4. The first-order valence-electron chi connectivity index (χ1n) is 7.82. The average Bonchev–Trinajstić information content (AvgIpc) is 3.13. The molecule has 0 saturated carbocycles. The van der Waals surface area contributed by atoms with Gasteiger partial charge in [0.15, 0.2) is 4.21 Å². The summed E-state index contributed by atoms with van der Waals surface area (Å²) >= 11 is 1.11. The number of thiazole rings is 1. The molecule has 1 N–H and O–H groups in total. The Morgan fingerprint density at radius 1 is 1.28 bits per heavy atom. The van der Waals surface area contributed by atoms with Gasteiger partial charge in [-0.3, -0.25) is 9.48 Å². The Morgan fingerprint density at radius 2 is 1.96 bits per heavy atom. The summed E-state index contributed by atoms with van der Waals surface area (Å²) < 4.78 is 30.0. The van der Waals surface area contributed by atoms with E-state index in [1.807, 2.05) is 20.9 Å². The first-order chi connectivity index (χ1) is 11.6. The molecule has 0 bridgehead atoms. The first-order valence-corrected chi connectivity index (χ1v) is 10.1. The molecule has 3 rings (SSSR count). The van der Waals surface area contributed by atoms with Gasteiger partial charge in [0, 0.05) is 31.8 Å². The van der Waals surface area contributed by atoms with Crippen molar-refractivity contribution in [1.29, 1.82) is 0 Å². The highest BCUT2D eigenvalue weighted by atomic mass is 32.2. The Kier molecular flexibility index (Phi) is 4.46. The molecule has 1 aliphatic heterocycles. The lowest BCUT2D eigenvalue weighted by Crippen LogP contribution is -2.39. The van der Waals surface area contributed by atoms with E-state index >= 15 is 0 Å². The number of hydrogen-bond acceptors (Lipinski definition) is 6. The number of aryl methyl sites for hydroxylation is 3. The third kappa shape index (κ3) is 3.09. The minimum atomic E-state index is -3.73. The van der Waals surface area contributed by atoms with Crippen LogP contribution < -0.4 is 4.72 Å². The van der Waals surface area contributed by atoms with E-state index < -0.39 is 16.1 Å². The summed E-state index contributed by atoms with van der Waals surface area (Å²) in [7, 11) is -0.196. The summed E-state index contributed by atoms with van der Waals surface area (Å²) in [6.07, 6.45) is 1.46. The summed E-state index contributed by atoms with van der Waals surface area (Å²) in [5.74, 6) is -0.0964. The molecule has 3 heterocycles. The molecule has 0 unspecified atom stereocenters. The summed E-state index contributed by atoms with van der Waals surface area (Å²) in [6.45, 7) is 5.54. The van der Waals surface area contributed by atoms with E-state index in [0.29, 0.717) is 5.01 Å². The minimum Gasteiger partial charge on any atom is -0.337 e.